The Bertz CT molecular complexity index is 1340. The molecule has 2 aliphatic carbocycles. The molecular weight excluding hydrogens is 438 g/mol. The van der Waals surface area contributed by atoms with Gasteiger partial charge in [-0.3, -0.25) is 19.5 Å². The molecule has 1 N–H and O–H groups in total. The lowest BCUT2D eigenvalue weighted by Gasteiger charge is -2.34. The van der Waals surface area contributed by atoms with Crippen LogP contribution in [0.15, 0.2) is 53.8 Å². The van der Waals surface area contributed by atoms with E-state index in [2.05, 4.69) is 46.4 Å². The number of amidine groups is 1. The topological polar surface area (TPSA) is 81.7 Å². The summed E-state index contributed by atoms with van der Waals surface area (Å²) in [6.45, 7) is 2.33. The highest BCUT2D eigenvalue weighted by atomic mass is 16.2. The Kier molecular flexibility index (Phi) is 4.63. The maximum absolute atomic E-state index is 13.3. The fraction of sp³-hybridized carbons (Fsp3) is 0.429. The van der Waals surface area contributed by atoms with Crippen LogP contribution in [0.4, 0.5) is 0 Å². The molecule has 0 bridgehead atoms. The summed E-state index contributed by atoms with van der Waals surface area (Å²) < 4.78 is 0. The number of nitrogens with zero attached hydrogens (tertiary/aromatic N) is 4. The minimum absolute atomic E-state index is 0.164. The van der Waals surface area contributed by atoms with Crippen LogP contribution in [0.25, 0.3) is 22.2 Å². The van der Waals surface area contributed by atoms with E-state index >= 15 is 0 Å². The summed E-state index contributed by atoms with van der Waals surface area (Å²) in [4.78, 5) is 42.2. The first-order valence-corrected chi connectivity index (χ1v) is 12.8. The second-order valence-electron chi connectivity index (χ2n) is 10.6. The van der Waals surface area contributed by atoms with Gasteiger partial charge in [-0.05, 0) is 67.7 Å². The van der Waals surface area contributed by atoms with Crippen LogP contribution in [0, 0.1) is 11.8 Å². The quantitative estimate of drug-likeness (QED) is 0.616. The molecule has 7 rings (SSSR count). The summed E-state index contributed by atoms with van der Waals surface area (Å²) >= 11 is 0. The maximum atomic E-state index is 13.3. The first-order chi connectivity index (χ1) is 17.1. The first-order valence-electron chi connectivity index (χ1n) is 12.8. The van der Waals surface area contributed by atoms with E-state index in [4.69, 9.17) is 4.99 Å². The van der Waals surface area contributed by atoms with Crippen molar-refractivity contribution in [1.29, 1.82) is 0 Å². The van der Waals surface area contributed by atoms with E-state index in [9.17, 15) is 9.59 Å². The normalized spacial score (nSPS) is 21.7. The molecule has 0 atom stereocenters. The van der Waals surface area contributed by atoms with Crippen LogP contribution in [0.2, 0.25) is 0 Å². The van der Waals surface area contributed by atoms with Gasteiger partial charge in [-0.25, -0.2) is 4.98 Å². The predicted molar refractivity (Wildman–Crippen MR) is 134 cm³/mol. The summed E-state index contributed by atoms with van der Waals surface area (Å²) in [6.07, 6.45) is 7.43. The molecule has 7 heteroatoms. The molecule has 2 amide bonds. The minimum Gasteiger partial charge on any atom is -0.345 e. The highest BCUT2D eigenvalue weighted by Gasteiger charge is 2.57. The van der Waals surface area contributed by atoms with Gasteiger partial charge in [0.05, 0.1) is 17.4 Å². The zero-order valence-corrected chi connectivity index (χ0v) is 19.7. The van der Waals surface area contributed by atoms with E-state index < -0.39 is 5.54 Å². The molecule has 1 aromatic heterocycles. The average Bonchev–Trinajstić information content (AvgIpc) is 3.82. The Balaban J connectivity index is 1.09. The van der Waals surface area contributed by atoms with Crippen LogP contribution in [-0.2, 0) is 9.59 Å². The van der Waals surface area contributed by atoms with Gasteiger partial charge in [-0.2, -0.15) is 0 Å². The third-order valence-corrected chi connectivity index (χ3v) is 8.13. The van der Waals surface area contributed by atoms with Crippen LogP contribution in [0.5, 0.6) is 0 Å². The van der Waals surface area contributed by atoms with Crippen molar-refractivity contribution >= 4 is 28.7 Å². The average molecular weight is 468 g/mol. The summed E-state index contributed by atoms with van der Waals surface area (Å²) in [5, 5.41) is 0. The molecule has 2 aromatic carbocycles. The van der Waals surface area contributed by atoms with E-state index in [-0.39, 0.29) is 11.8 Å². The van der Waals surface area contributed by atoms with Crippen molar-refractivity contribution in [3.05, 3.63) is 54.4 Å². The predicted octanol–water partition coefficient (Wildman–Crippen LogP) is 4.00. The minimum atomic E-state index is -0.512. The molecule has 35 heavy (non-hydrogen) atoms. The lowest BCUT2D eigenvalue weighted by atomic mass is 9.95. The highest BCUT2D eigenvalue weighted by Crippen LogP contribution is 2.46. The fourth-order valence-electron chi connectivity index (χ4n) is 5.60. The number of rotatable bonds is 5. The van der Waals surface area contributed by atoms with Gasteiger partial charge in [-0.1, -0.05) is 30.3 Å². The zero-order valence-electron chi connectivity index (χ0n) is 19.7. The van der Waals surface area contributed by atoms with Crippen LogP contribution < -0.4 is 0 Å². The molecular formula is C28H29N5O2. The van der Waals surface area contributed by atoms with E-state index in [1.165, 1.54) is 0 Å². The summed E-state index contributed by atoms with van der Waals surface area (Å²) in [5.41, 5.74) is 4.68. The number of piperidine rings is 1. The molecule has 4 aliphatic rings. The van der Waals surface area contributed by atoms with E-state index in [0.717, 1.165) is 85.2 Å². The number of aromatic amines is 1. The highest BCUT2D eigenvalue weighted by molar-refractivity contribution is 6.16. The molecule has 3 aromatic rings. The number of benzene rings is 2. The molecule has 7 nitrogen and oxygen atoms in total. The number of nitrogens with one attached hydrogen (secondary N) is 1. The van der Waals surface area contributed by atoms with Crippen LogP contribution >= 0.6 is 0 Å². The SMILES string of the molecule is O=C(C1CC1)N1CCC(CN2C(=O)C3(CC3)N=C2c2ccc(-c3ccc4[nH]cnc4c3)cc2)CC1. The van der Waals surface area contributed by atoms with Gasteiger partial charge in [0.2, 0.25) is 5.91 Å². The van der Waals surface area contributed by atoms with Crippen LogP contribution in [0.1, 0.15) is 44.1 Å². The van der Waals surface area contributed by atoms with Gasteiger partial charge in [0.1, 0.15) is 11.4 Å². The number of hydrogen-bond acceptors (Lipinski definition) is 4. The number of amides is 2. The molecule has 0 radical (unpaired) electrons. The molecule has 1 spiro atoms. The van der Waals surface area contributed by atoms with Crippen molar-refractivity contribution in [3.8, 4) is 11.1 Å². The van der Waals surface area contributed by atoms with Crippen molar-refractivity contribution in [2.45, 2.75) is 44.1 Å². The summed E-state index contributed by atoms with van der Waals surface area (Å²) in [7, 11) is 0. The summed E-state index contributed by atoms with van der Waals surface area (Å²) in [6, 6.07) is 14.6. The number of H-pyrrole nitrogens is 1. The molecule has 1 saturated heterocycles. The lowest BCUT2D eigenvalue weighted by molar-refractivity contribution is -0.134. The Labute approximate surface area is 204 Å². The van der Waals surface area contributed by atoms with Gasteiger partial charge in [-0.15, -0.1) is 0 Å². The zero-order chi connectivity index (χ0) is 23.6. The van der Waals surface area contributed by atoms with Crippen molar-refractivity contribution in [3.63, 3.8) is 0 Å². The van der Waals surface area contributed by atoms with Gasteiger partial charge < -0.3 is 9.88 Å². The van der Waals surface area contributed by atoms with E-state index in [1.807, 2.05) is 15.9 Å². The largest absolute Gasteiger partial charge is 0.345 e. The van der Waals surface area contributed by atoms with Crippen molar-refractivity contribution in [2.24, 2.45) is 16.8 Å². The Morgan fingerprint density at radius 2 is 1.69 bits per heavy atom. The number of aromatic nitrogens is 2. The molecule has 2 saturated carbocycles. The van der Waals surface area contributed by atoms with Gasteiger partial charge in [0, 0.05) is 31.1 Å². The number of carbonyl (C=O) groups is 2. The van der Waals surface area contributed by atoms with Crippen LogP contribution in [-0.4, -0.2) is 62.6 Å². The first kappa shape index (κ1) is 20.9. The number of aliphatic imine (C=N–C) groups is 1. The summed E-state index contributed by atoms with van der Waals surface area (Å²) in [5.74, 6) is 2.01. The number of hydrogen-bond donors (Lipinski definition) is 1. The third-order valence-electron chi connectivity index (χ3n) is 8.13. The van der Waals surface area contributed by atoms with Crippen LogP contribution in [0.3, 0.4) is 0 Å². The second kappa shape index (κ2) is 7.77. The Morgan fingerprint density at radius 1 is 0.971 bits per heavy atom. The molecule has 0 unspecified atom stereocenters. The smallest absolute Gasteiger partial charge is 0.256 e. The van der Waals surface area contributed by atoms with E-state index in [1.54, 1.807) is 6.33 Å². The van der Waals surface area contributed by atoms with Gasteiger partial charge >= 0.3 is 0 Å². The van der Waals surface area contributed by atoms with Crippen molar-refractivity contribution in [1.82, 2.24) is 19.8 Å². The molecule has 178 valence electrons. The number of imidazole rings is 1. The van der Waals surface area contributed by atoms with Crippen molar-refractivity contribution in [2.75, 3.05) is 19.6 Å². The van der Waals surface area contributed by atoms with Crippen molar-refractivity contribution < 1.29 is 9.59 Å². The van der Waals surface area contributed by atoms with Gasteiger partial charge in [0.15, 0.2) is 0 Å². The fourth-order valence-corrected chi connectivity index (χ4v) is 5.60. The molecule has 3 heterocycles. The maximum Gasteiger partial charge on any atom is 0.256 e. The molecule has 3 fully saturated rings. The number of likely N-dealkylation sites (tertiary alicyclic amines) is 1. The third kappa shape index (κ3) is 3.65. The molecule has 2 aliphatic heterocycles. The number of fused-ring (bicyclic) bond motifs is 1. The Morgan fingerprint density at radius 3 is 2.40 bits per heavy atom. The standard InChI is InChI=1S/C28H29N5O2/c34-26(21-5-6-21)32-13-9-18(10-14-32)16-33-25(31-28(11-12-28)27(33)35)20-3-1-19(2-4-20)22-7-8-23-24(15-22)30-17-29-23/h1-4,7-8,15,17-18,21H,5-6,9-14,16H2,(H,29,30). The number of carbonyl (C=O) groups excluding carboxylic acids is 2. The monoisotopic (exact) mass is 467 g/mol. The lowest BCUT2D eigenvalue weighted by Crippen LogP contribution is -2.45. The van der Waals surface area contributed by atoms with Gasteiger partial charge in [0.25, 0.3) is 5.91 Å². The Hall–Kier alpha value is -3.48. The van der Waals surface area contributed by atoms with E-state index in [0.29, 0.717) is 18.4 Å². The second-order valence-corrected chi connectivity index (χ2v) is 10.6.